The van der Waals surface area contributed by atoms with Gasteiger partial charge in [0.05, 0.1) is 11.6 Å². The van der Waals surface area contributed by atoms with Crippen LogP contribution < -0.4 is 0 Å². The third kappa shape index (κ3) is 4.31. The van der Waals surface area contributed by atoms with E-state index >= 15 is 0 Å². The minimum atomic E-state index is -0.219. The van der Waals surface area contributed by atoms with Crippen molar-refractivity contribution >= 4 is 43.7 Å². The van der Waals surface area contributed by atoms with Crippen molar-refractivity contribution in [1.82, 2.24) is 24.5 Å². The molecule has 0 amide bonds. The summed E-state index contributed by atoms with van der Waals surface area (Å²) < 4.78 is 2.66. The van der Waals surface area contributed by atoms with Crippen LogP contribution in [0.4, 0.5) is 0 Å². The molecule has 0 spiro atoms. The van der Waals surface area contributed by atoms with Crippen LogP contribution in [0.1, 0.15) is 71.8 Å². The molecule has 5 nitrogen and oxygen atoms in total. The molecule has 3 aliphatic carbocycles. The lowest BCUT2D eigenvalue weighted by Crippen LogP contribution is -2.23. The van der Waals surface area contributed by atoms with Crippen LogP contribution in [0, 0.1) is 5.92 Å². The van der Waals surface area contributed by atoms with Crippen molar-refractivity contribution in [3.05, 3.63) is 179 Å². The first kappa shape index (κ1) is 30.4. The molecule has 0 saturated heterocycles. The first-order valence-electron chi connectivity index (χ1n) is 18.7. The Hall–Kier alpha value is -6.20. The van der Waals surface area contributed by atoms with Crippen molar-refractivity contribution < 1.29 is 0 Å². The number of hydrogen-bond donors (Lipinski definition) is 0. The summed E-state index contributed by atoms with van der Waals surface area (Å²) in [6.07, 6.45) is 13.7. The SMILES string of the molecule is CC1C(c2ncccn2)=CC(c2ncccn2)=CC1n1c2ccccc2c2c3c(c4c(c21)C(C)(C)c1ccccc1-4)Cc1cc2ccccc2cc1C3. The summed E-state index contributed by atoms with van der Waals surface area (Å²) in [4.78, 5) is 19.0. The van der Waals surface area contributed by atoms with E-state index in [2.05, 4.69) is 122 Å². The zero-order valence-electron chi connectivity index (χ0n) is 30.0. The lowest BCUT2D eigenvalue weighted by molar-refractivity contribution is 0.518. The van der Waals surface area contributed by atoms with Gasteiger partial charge in [0.2, 0.25) is 0 Å². The minimum Gasteiger partial charge on any atom is -0.333 e. The van der Waals surface area contributed by atoms with Gasteiger partial charge in [0, 0.05) is 63.6 Å². The molecule has 0 bridgehead atoms. The Morgan fingerprint density at radius 1 is 0.679 bits per heavy atom. The van der Waals surface area contributed by atoms with Gasteiger partial charge in [0.1, 0.15) is 0 Å². The van der Waals surface area contributed by atoms with Crippen molar-refractivity contribution in [3.63, 3.8) is 0 Å². The van der Waals surface area contributed by atoms with E-state index in [4.69, 9.17) is 19.9 Å². The fourth-order valence-electron chi connectivity index (χ4n) is 9.88. The number of benzene rings is 5. The Morgan fingerprint density at radius 3 is 2.04 bits per heavy atom. The van der Waals surface area contributed by atoms with Gasteiger partial charge in [0.25, 0.3) is 0 Å². The van der Waals surface area contributed by atoms with Crippen molar-refractivity contribution in [1.29, 1.82) is 0 Å². The number of aromatic nitrogens is 5. The molecule has 11 rings (SSSR count). The Labute approximate surface area is 308 Å². The lowest BCUT2D eigenvalue weighted by Gasteiger charge is -2.33. The van der Waals surface area contributed by atoms with Crippen LogP contribution in [-0.4, -0.2) is 24.5 Å². The molecule has 2 unspecified atom stereocenters. The molecule has 2 atom stereocenters. The summed E-state index contributed by atoms with van der Waals surface area (Å²) in [6, 6.07) is 35.6. The van der Waals surface area contributed by atoms with Gasteiger partial charge >= 0.3 is 0 Å². The summed E-state index contributed by atoms with van der Waals surface area (Å²) in [7, 11) is 0. The van der Waals surface area contributed by atoms with Crippen molar-refractivity contribution in [2.75, 3.05) is 0 Å². The zero-order chi connectivity index (χ0) is 35.4. The highest BCUT2D eigenvalue weighted by Crippen LogP contribution is 2.58. The maximum atomic E-state index is 4.77. The van der Waals surface area contributed by atoms with E-state index in [1.807, 2.05) is 36.9 Å². The van der Waals surface area contributed by atoms with Crippen molar-refractivity contribution in [2.24, 2.45) is 5.92 Å². The third-order valence-electron chi connectivity index (χ3n) is 12.3. The maximum absolute atomic E-state index is 4.77. The number of allylic oxidation sites excluding steroid dienone is 4. The van der Waals surface area contributed by atoms with Crippen molar-refractivity contribution in [2.45, 2.75) is 45.1 Å². The van der Waals surface area contributed by atoms with Crippen LogP contribution in [0.15, 0.2) is 134 Å². The van der Waals surface area contributed by atoms with E-state index in [1.165, 1.54) is 77.1 Å². The minimum absolute atomic E-state index is 0.0542. The van der Waals surface area contributed by atoms with Crippen molar-refractivity contribution in [3.8, 4) is 11.1 Å². The topological polar surface area (TPSA) is 56.5 Å². The number of para-hydroxylation sites is 1. The molecule has 8 aromatic rings. The smallest absolute Gasteiger partial charge is 0.158 e. The standard InChI is InChI=1S/C48H37N5/c1-28-36(47-51-20-11-21-52-47)26-33(46-49-18-10-19-50-46)27-41(28)53-40-17-9-7-15-35(40)43-38-25-32-23-30-13-5-4-12-29(30)22-31(32)24-37(38)42-34-14-6-8-16-39(34)48(2,3)44(42)45(43)53/h4-23,26-28,41H,24-25H2,1-3H3. The summed E-state index contributed by atoms with van der Waals surface area (Å²) in [5, 5.41) is 5.31. The predicted octanol–water partition coefficient (Wildman–Crippen LogP) is 10.7. The predicted molar refractivity (Wildman–Crippen MR) is 215 cm³/mol. The highest BCUT2D eigenvalue weighted by molar-refractivity contribution is 6.15. The molecule has 254 valence electrons. The normalized spacial score (nSPS) is 18.3. The largest absolute Gasteiger partial charge is 0.333 e. The molecule has 53 heavy (non-hydrogen) atoms. The van der Waals surface area contributed by atoms with E-state index in [-0.39, 0.29) is 17.4 Å². The Kier molecular flexibility index (Phi) is 6.40. The second-order valence-electron chi connectivity index (χ2n) is 15.5. The summed E-state index contributed by atoms with van der Waals surface area (Å²) in [5.41, 5.74) is 15.9. The van der Waals surface area contributed by atoms with Gasteiger partial charge in [-0.1, -0.05) is 106 Å². The monoisotopic (exact) mass is 683 g/mol. The van der Waals surface area contributed by atoms with Gasteiger partial charge in [-0.15, -0.1) is 0 Å². The highest BCUT2D eigenvalue weighted by atomic mass is 15.0. The van der Waals surface area contributed by atoms with Gasteiger partial charge in [-0.2, -0.15) is 0 Å². The van der Waals surface area contributed by atoms with Gasteiger partial charge in [-0.3, -0.25) is 0 Å². The average Bonchev–Trinajstić information content (AvgIpc) is 3.66. The Bertz CT molecular complexity index is 2880. The van der Waals surface area contributed by atoms with Gasteiger partial charge in [0.15, 0.2) is 11.6 Å². The number of nitrogens with zero attached hydrogens (tertiary/aromatic N) is 5. The molecule has 5 aromatic carbocycles. The van der Waals surface area contributed by atoms with Gasteiger partial charge in [-0.05, 0) is 92.4 Å². The fourth-order valence-corrected chi connectivity index (χ4v) is 9.88. The van der Waals surface area contributed by atoms with Gasteiger partial charge in [-0.25, -0.2) is 19.9 Å². The summed E-state index contributed by atoms with van der Waals surface area (Å²) >= 11 is 0. The molecule has 3 aliphatic rings. The first-order chi connectivity index (χ1) is 26.0. The second kappa shape index (κ2) is 11.1. The van der Waals surface area contributed by atoms with Crippen LogP contribution >= 0.6 is 0 Å². The van der Waals surface area contributed by atoms with E-state index in [1.54, 1.807) is 0 Å². The molecule has 0 aliphatic heterocycles. The molecule has 3 heterocycles. The molecule has 3 aromatic heterocycles. The summed E-state index contributed by atoms with van der Waals surface area (Å²) in [5.74, 6) is 1.51. The fraction of sp³-hybridized carbons (Fsp3) is 0.167. The van der Waals surface area contributed by atoms with Crippen LogP contribution in [-0.2, 0) is 18.3 Å². The van der Waals surface area contributed by atoms with E-state index < -0.39 is 0 Å². The molecule has 0 fully saturated rings. The van der Waals surface area contributed by atoms with Crippen LogP contribution in [0.2, 0.25) is 0 Å². The summed E-state index contributed by atoms with van der Waals surface area (Å²) in [6.45, 7) is 7.19. The molecule has 0 radical (unpaired) electrons. The van der Waals surface area contributed by atoms with E-state index in [9.17, 15) is 0 Å². The van der Waals surface area contributed by atoms with Gasteiger partial charge < -0.3 is 4.57 Å². The molecule has 0 N–H and O–H groups in total. The first-order valence-corrected chi connectivity index (χ1v) is 18.7. The van der Waals surface area contributed by atoms with Crippen LogP contribution in [0.5, 0.6) is 0 Å². The Balaban J connectivity index is 1.26. The zero-order valence-corrected chi connectivity index (χ0v) is 30.0. The third-order valence-corrected chi connectivity index (χ3v) is 12.3. The lowest BCUT2D eigenvalue weighted by atomic mass is 9.76. The number of rotatable bonds is 3. The molecule has 5 heteroatoms. The quantitative estimate of drug-likeness (QED) is 0.186. The highest BCUT2D eigenvalue weighted by Gasteiger charge is 2.43. The van der Waals surface area contributed by atoms with Crippen LogP contribution in [0.25, 0.3) is 54.9 Å². The molecule has 0 saturated carbocycles. The van der Waals surface area contributed by atoms with E-state index in [0.717, 1.165) is 29.8 Å². The number of fused-ring (bicyclic) bond motifs is 12. The molecular weight excluding hydrogens is 647 g/mol. The second-order valence-corrected chi connectivity index (χ2v) is 15.5. The van der Waals surface area contributed by atoms with Crippen LogP contribution in [0.3, 0.4) is 0 Å². The maximum Gasteiger partial charge on any atom is 0.158 e. The molecular formula is C48H37N5. The average molecular weight is 684 g/mol. The number of hydrogen-bond acceptors (Lipinski definition) is 4. The Morgan fingerprint density at radius 2 is 1.30 bits per heavy atom. The van der Waals surface area contributed by atoms with E-state index in [0.29, 0.717) is 5.82 Å².